The first kappa shape index (κ1) is 10.8. The lowest BCUT2D eigenvalue weighted by molar-refractivity contribution is -0.891. The summed E-state index contributed by atoms with van der Waals surface area (Å²) in [6, 6.07) is 0. The van der Waals surface area contributed by atoms with Gasteiger partial charge in [-0.25, -0.2) is 0 Å². The van der Waals surface area contributed by atoms with Crippen LogP contribution in [-0.2, 0) is 0 Å². The molecule has 0 unspecified atom stereocenters. The number of likely N-dealkylation sites (N-methyl/N-ethyl adjacent to an activating group) is 1. The van der Waals surface area contributed by atoms with Gasteiger partial charge in [-0.2, -0.15) is 0 Å². The number of hydrogen-bond donors (Lipinski definition) is 3. The molecule has 0 amide bonds. The molecule has 0 aliphatic rings. The molecule has 0 saturated heterocycles. The summed E-state index contributed by atoms with van der Waals surface area (Å²) in [5.74, 6) is 0. The molecule has 0 aromatic heterocycles. The van der Waals surface area contributed by atoms with Gasteiger partial charge in [-0.15, -0.1) is 0 Å². The lowest BCUT2D eigenvalue weighted by atomic mass is 10.3. The SMILES string of the molecule is C[N+](C)(CCO)CCC(O)O. The lowest BCUT2D eigenvalue weighted by Crippen LogP contribution is -2.43. The van der Waals surface area contributed by atoms with E-state index in [0.29, 0.717) is 24.0 Å². The second-order valence-corrected chi connectivity index (χ2v) is 3.38. The molecule has 0 rings (SSSR count). The van der Waals surface area contributed by atoms with E-state index in [2.05, 4.69) is 0 Å². The van der Waals surface area contributed by atoms with Gasteiger partial charge in [0.25, 0.3) is 0 Å². The summed E-state index contributed by atoms with van der Waals surface area (Å²) in [5.41, 5.74) is 0. The highest BCUT2D eigenvalue weighted by molar-refractivity contribution is 4.38. The van der Waals surface area contributed by atoms with Crippen molar-refractivity contribution in [2.24, 2.45) is 0 Å². The van der Waals surface area contributed by atoms with Crippen LogP contribution >= 0.6 is 0 Å². The zero-order valence-corrected chi connectivity index (χ0v) is 7.19. The van der Waals surface area contributed by atoms with Gasteiger partial charge < -0.3 is 19.8 Å². The molecule has 0 atom stereocenters. The monoisotopic (exact) mass is 164 g/mol. The van der Waals surface area contributed by atoms with Crippen molar-refractivity contribution >= 4 is 0 Å². The molecule has 68 valence electrons. The number of nitrogens with zero attached hydrogens (tertiary/aromatic N) is 1. The summed E-state index contributed by atoms with van der Waals surface area (Å²) in [4.78, 5) is 0. The summed E-state index contributed by atoms with van der Waals surface area (Å²) in [6.45, 7) is 1.44. The number of rotatable bonds is 5. The Morgan fingerprint density at radius 1 is 1.18 bits per heavy atom. The van der Waals surface area contributed by atoms with Gasteiger partial charge in [0.15, 0.2) is 6.29 Å². The van der Waals surface area contributed by atoms with E-state index in [1.807, 2.05) is 14.1 Å². The molecule has 0 heterocycles. The van der Waals surface area contributed by atoms with Crippen LogP contribution in [0.5, 0.6) is 0 Å². The maximum absolute atomic E-state index is 8.63. The standard InChI is InChI=1S/C7H18NO3/c1-8(2,5-6-9)4-3-7(10)11/h7,9-11H,3-6H2,1-2H3/q+1. The molecule has 0 saturated carbocycles. The van der Waals surface area contributed by atoms with Gasteiger partial charge in [-0.05, 0) is 0 Å². The van der Waals surface area contributed by atoms with Gasteiger partial charge in [0.2, 0.25) is 0 Å². The van der Waals surface area contributed by atoms with Crippen LogP contribution < -0.4 is 0 Å². The molecular formula is C7H18NO3+. The molecule has 11 heavy (non-hydrogen) atoms. The van der Waals surface area contributed by atoms with E-state index in [0.717, 1.165) is 0 Å². The van der Waals surface area contributed by atoms with Crippen LogP contribution in [0.4, 0.5) is 0 Å². The lowest BCUT2D eigenvalue weighted by Gasteiger charge is -2.29. The van der Waals surface area contributed by atoms with Crippen LogP contribution in [0.3, 0.4) is 0 Å². The van der Waals surface area contributed by atoms with Crippen LogP contribution in [-0.4, -0.2) is 59.9 Å². The first-order valence-electron chi connectivity index (χ1n) is 3.77. The zero-order valence-electron chi connectivity index (χ0n) is 7.19. The summed E-state index contributed by atoms with van der Waals surface area (Å²) >= 11 is 0. The molecule has 0 fully saturated rings. The van der Waals surface area contributed by atoms with E-state index in [-0.39, 0.29) is 6.61 Å². The van der Waals surface area contributed by atoms with Crippen LogP contribution in [0.25, 0.3) is 0 Å². The van der Waals surface area contributed by atoms with E-state index in [1.165, 1.54) is 0 Å². The Hall–Kier alpha value is -0.160. The minimum absolute atomic E-state index is 0.133. The van der Waals surface area contributed by atoms with Crippen molar-refractivity contribution in [3.8, 4) is 0 Å². The fraction of sp³-hybridized carbons (Fsp3) is 1.00. The van der Waals surface area contributed by atoms with E-state index in [1.54, 1.807) is 0 Å². The molecule has 0 aromatic carbocycles. The average Bonchev–Trinajstić information content (AvgIpc) is 1.84. The molecule has 0 aliphatic heterocycles. The van der Waals surface area contributed by atoms with Gasteiger partial charge in [0.1, 0.15) is 6.54 Å². The van der Waals surface area contributed by atoms with E-state index in [9.17, 15) is 0 Å². The summed E-state index contributed by atoms with van der Waals surface area (Å²) in [6.07, 6.45) is -0.876. The predicted molar refractivity (Wildman–Crippen MR) is 41.8 cm³/mol. The van der Waals surface area contributed by atoms with Crippen LogP contribution in [0.1, 0.15) is 6.42 Å². The smallest absolute Gasteiger partial charge is 0.156 e. The molecule has 0 aliphatic carbocycles. The fourth-order valence-corrected chi connectivity index (χ4v) is 0.847. The Balaban J connectivity index is 3.54. The molecule has 0 aromatic rings. The predicted octanol–water partition coefficient (Wildman–Crippen LogP) is -1.24. The van der Waals surface area contributed by atoms with Crippen molar-refractivity contribution in [2.45, 2.75) is 12.7 Å². The summed E-state index contributed by atoms with van der Waals surface area (Å²) in [7, 11) is 3.89. The number of aliphatic hydroxyl groups is 3. The van der Waals surface area contributed by atoms with Crippen molar-refractivity contribution in [2.75, 3.05) is 33.8 Å². The fourth-order valence-electron chi connectivity index (χ4n) is 0.847. The number of aliphatic hydroxyl groups excluding tert-OH is 2. The zero-order chi connectivity index (χ0) is 8.91. The third-order valence-electron chi connectivity index (χ3n) is 1.70. The minimum Gasteiger partial charge on any atom is -0.391 e. The Labute approximate surface area is 67.3 Å². The Kier molecular flexibility index (Phi) is 4.60. The van der Waals surface area contributed by atoms with Crippen molar-refractivity contribution in [3.05, 3.63) is 0 Å². The van der Waals surface area contributed by atoms with Gasteiger partial charge in [0, 0.05) is 6.42 Å². The number of quaternary nitrogens is 1. The third kappa shape index (κ3) is 6.25. The maximum atomic E-state index is 8.63. The van der Waals surface area contributed by atoms with Crippen molar-refractivity contribution in [3.63, 3.8) is 0 Å². The molecule has 4 nitrogen and oxygen atoms in total. The van der Waals surface area contributed by atoms with Gasteiger partial charge in [-0.3, -0.25) is 0 Å². The van der Waals surface area contributed by atoms with Crippen LogP contribution in [0.15, 0.2) is 0 Å². The van der Waals surface area contributed by atoms with Crippen molar-refractivity contribution < 1.29 is 19.8 Å². The highest BCUT2D eigenvalue weighted by Crippen LogP contribution is 1.99. The largest absolute Gasteiger partial charge is 0.391 e. The van der Waals surface area contributed by atoms with Gasteiger partial charge in [-0.1, -0.05) is 0 Å². The Morgan fingerprint density at radius 2 is 1.73 bits per heavy atom. The van der Waals surface area contributed by atoms with E-state index >= 15 is 0 Å². The van der Waals surface area contributed by atoms with Crippen LogP contribution in [0.2, 0.25) is 0 Å². The second-order valence-electron chi connectivity index (χ2n) is 3.38. The van der Waals surface area contributed by atoms with Crippen LogP contribution in [0, 0.1) is 0 Å². The highest BCUT2D eigenvalue weighted by atomic mass is 16.5. The minimum atomic E-state index is -1.23. The van der Waals surface area contributed by atoms with Crippen molar-refractivity contribution in [1.29, 1.82) is 0 Å². The molecule has 4 heteroatoms. The maximum Gasteiger partial charge on any atom is 0.156 e. The average molecular weight is 164 g/mol. The first-order valence-corrected chi connectivity index (χ1v) is 3.77. The normalized spacial score (nSPS) is 12.5. The van der Waals surface area contributed by atoms with E-state index in [4.69, 9.17) is 15.3 Å². The quantitative estimate of drug-likeness (QED) is 0.352. The first-order chi connectivity index (χ1) is 4.98. The van der Waals surface area contributed by atoms with E-state index < -0.39 is 6.29 Å². The van der Waals surface area contributed by atoms with Gasteiger partial charge >= 0.3 is 0 Å². The Morgan fingerprint density at radius 3 is 2.09 bits per heavy atom. The highest BCUT2D eigenvalue weighted by Gasteiger charge is 2.14. The topological polar surface area (TPSA) is 60.7 Å². The molecule has 0 spiro atoms. The Bertz CT molecular complexity index is 104. The number of hydrogen-bond acceptors (Lipinski definition) is 3. The third-order valence-corrected chi connectivity index (χ3v) is 1.70. The molecule has 0 radical (unpaired) electrons. The summed E-state index contributed by atoms with van der Waals surface area (Å²) in [5, 5.41) is 25.8. The van der Waals surface area contributed by atoms with Crippen molar-refractivity contribution in [1.82, 2.24) is 0 Å². The molecule has 0 bridgehead atoms. The molecule has 3 N–H and O–H groups in total. The second kappa shape index (κ2) is 4.66. The molecular weight excluding hydrogens is 146 g/mol. The van der Waals surface area contributed by atoms with Gasteiger partial charge in [0.05, 0.1) is 27.2 Å². The summed E-state index contributed by atoms with van der Waals surface area (Å²) < 4.78 is 0.619.